The van der Waals surface area contributed by atoms with Crippen LogP contribution in [-0.4, -0.2) is 0 Å². The number of rotatable bonds is 1. The van der Waals surface area contributed by atoms with Crippen LogP contribution >= 0.6 is 0 Å². The highest BCUT2D eigenvalue weighted by Gasteiger charge is 2.18. The number of hydrogen-bond acceptors (Lipinski definition) is 0. The molecule has 0 aromatic heterocycles. The van der Waals surface area contributed by atoms with Crippen molar-refractivity contribution in [2.24, 2.45) is 0 Å². The summed E-state index contributed by atoms with van der Waals surface area (Å²) in [6, 6.07) is 17.8. The number of benzene rings is 2. The molecular weight excluding hydrogens is 264 g/mol. The fraction of sp³-hybridized carbons (Fsp3) is 0.273. The third-order valence-corrected chi connectivity index (χ3v) is 4.47. The van der Waals surface area contributed by atoms with Gasteiger partial charge in [0, 0.05) is 0 Å². The van der Waals surface area contributed by atoms with Gasteiger partial charge in [0.05, 0.1) is 0 Å². The average molecular weight is 288 g/mol. The van der Waals surface area contributed by atoms with Gasteiger partial charge in [-0.15, -0.1) is 0 Å². The molecule has 0 saturated carbocycles. The van der Waals surface area contributed by atoms with Gasteiger partial charge < -0.3 is 0 Å². The monoisotopic (exact) mass is 288 g/mol. The van der Waals surface area contributed by atoms with Crippen LogP contribution in [0.25, 0.3) is 11.1 Å². The summed E-state index contributed by atoms with van der Waals surface area (Å²) < 4.78 is 0. The largest absolute Gasteiger partial charge is 0.0792 e. The van der Waals surface area contributed by atoms with Crippen LogP contribution < -0.4 is 0 Å². The maximum atomic E-state index is 2.36. The lowest BCUT2D eigenvalue weighted by Gasteiger charge is -2.23. The van der Waals surface area contributed by atoms with E-state index in [0.29, 0.717) is 0 Å². The van der Waals surface area contributed by atoms with Gasteiger partial charge in [0.25, 0.3) is 0 Å². The van der Waals surface area contributed by atoms with Gasteiger partial charge in [-0.3, -0.25) is 0 Å². The van der Waals surface area contributed by atoms with Crippen molar-refractivity contribution in [3.63, 3.8) is 0 Å². The molecule has 0 N–H and O–H groups in total. The highest BCUT2D eigenvalue weighted by molar-refractivity contribution is 6.06. The molecule has 22 heavy (non-hydrogen) atoms. The minimum Gasteiger partial charge on any atom is -0.0792 e. The fourth-order valence-corrected chi connectivity index (χ4v) is 3.16. The van der Waals surface area contributed by atoms with Crippen molar-refractivity contribution in [3.05, 3.63) is 82.9 Å². The molecule has 3 rings (SSSR count). The Balaban J connectivity index is 2.01. The molecule has 2 aromatic carbocycles. The van der Waals surface area contributed by atoms with Gasteiger partial charge >= 0.3 is 0 Å². The topological polar surface area (TPSA) is 0 Å². The van der Waals surface area contributed by atoms with Crippen LogP contribution in [-0.2, 0) is 11.8 Å². The first-order valence-corrected chi connectivity index (χ1v) is 8.07. The molecule has 1 aliphatic rings. The lowest BCUT2D eigenvalue weighted by molar-refractivity contribution is 0.590. The second-order valence-corrected chi connectivity index (χ2v) is 7.01. The van der Waals surface area contributed by atoms with Crippen molar-refractivity contribution in [3.8, 4) is 0 Å². The Hall–Kier alpha value is -2.08. The molecule has 0 bridgehead atoms. The highest BCUT2D eigenvalue weighted by atomic mass is 14.2. The summed E-state index contributed by atoms with van der Waals surface area (Å²) in [6.07, 6.45) is 5.62. The predicted octanol–water partition coefficient (Wildman–Crippen LogP) is 6.03. The number of fused-ring (bicyclic) bond motifs is 1. The Labute approximate surface area is 134 Å². The van der Waals surface area contributed by atoms with E-state index >= 15 is 0 Å². The summed E-state index contributed by atoms with van der Waals surface area (Å²) in [6.45, 7) is 8.91. The molecule has 1 aliphatic carbocycles. The van der Waals surface area contributed by atoms with Crippen molar-refractivity contribution in [1.82, 2.24) is 0 Å². The molecule has 0 nitrogen and oxygen atoms in total. The second-order valence-electron chi connectivity index (χ2n) is 7.01. The summed E-state index contributed by atoms with van der Waals surface area (Å²) >= 11 is 0. The van der Waals surface area contributed by atoms with Gasteiger partial charge in [0.2, 0.25) is 0 Å². The van der Waals surface area contributed by atoms with Gasteiger partial charge in [-0.05, 0) is 52.2 Å². The van der Waals surface area contributed by atoms with Crippen LogP contribution in [0, 0.1) is 0 Å². The quantitative estimate of drug-likeness (QED) is 0.601. The van der Waals surface area contributed by atoms with E-state index in [1.165, 1.54) is 33.4 Å². The molecule has 0 atom stereocenters. The van der Waals surface area contributed by atoms with Crippen LogP contribution in [0.4, 0.5) is 0 Å². The van der Waals surface area contributed by atoms with Crippen molar-refractivity contribution < 1.29 is 0 Å². The Morgan fingerprint density at radius 3 is 2.23 bits per heavy atom. The Morgan fingerprint density at radius 1 is 0.909 bits per heavy atom. The number of allylic oxidation sites excluding steroid dienone is 4. The van der Waals surface area contributed by atoms with Gasteiger partial charge in [-0.1, -0.05) is 81.5 Å². The molecule has 0 spiro atoms. The lowest BCUT2D eigenvalue weighted by Crippen LogP contribution is -2.10. The van der Waals surface area contributed by atoms with Crippen LogP contribution in [0.15, 0.2) is 60.7 Å². The summed E-state index contributed by atoms with van der Waals surface area (Å²) in [5.74, 6) is 0. The van der Waals surface area contributed by atoms with E-state index in [2.05, 4.69) is 88.4 Å². The summed E-state index contributed by atoms with van der Waals surface area (Å²) in [5, 5.41) is 0. The van der Waals surface area contributed by atoms with Crippen molar-refractivity contribution in [2.45, 2.75) is 39.5 Å². The van der Waals surface area contributed by atoms with Gasteiger partial charge in [0.1, 0.15) is 0 Å². The highest BCUT2D eigenvalue weighted by Crippen LogP contribution is 2.37. The zero-order valence-electron chi connectivity index (χ0n) is 14.0. The maximum absolute atomic E-state index is 2.36. The molecular formula is C22H24. The van der Waals surface area contributed by atoms with E-state index in [0.717, 1.165) is 6.42 Å². The maximum Gasteiger partial charge on any atom is -0.00819 e. The lowest BCUT2D eigenvalue weighted by atomic mass is 9.82. The van der Waals surface area contributed by atoms with E-state index in [1.54, 1.807) is 0 Å². The Kier molecular flexibility index (Phi) is 3.78. The minimum atomic E-state index is 0.204. The smallest absolute Gasteiger partial charge is 0.00819 e. The molecule has 0 fully saturated rings. The van der Waals surface area contributed by atoms with Crippen LogP contribution in [0.1, 0.15) is 49.9 Å². The first-order valence-electron chi connectivity index (χ1n) is 8.07. The summed E-state index contributed by atoms with van der Waals surface area (Å²) in [7, 11) is 0. The first kappa shape index (κ1) is 14.8. The van der Waals surface area contributed by atoms with E-state index in [9.17, 15) is 0 Å². The minimum absolute atomic E-state index is 0.204. The van der Waals surface area contributed by atoms with E-state index in [4.69, 9.17) is 0 Å². The third kappa shape index (κ3) is 2.66. The van der Waals surface area contributed by atoms with Crippen LogP contribution in [0.5, 0.6) is 0 Å². The SMILES string of the molecule is C/C=C1/C(c2ccc(C(C)(C)C)cc2)=CCc2ccccc21. The zero-order chi connectivity index (χ0) is 15.7. The molecule has 112 valence electrons. The molecule has 0 saturated heterocycles. The summed E-state index contributed by atoms with van der Waals surface area (Å²) in [4.78, 5) is 0. The molecule has 0 unspecified atom stereocenters. The second kappa shape index (κ2) is 5.61. The average Bonchev–Trinajstić information content (AvgIpc) is 2.53. The third-order valence-electron chi connectivity index (χ3n) is 4.47. The van der Waals surface area contributed by atoms with Gasteiger partial charge in [-0.2, -0.15) is 0 Å². The van der Waals surface area contributed by atoms with Gasteiger partial charge in [-0.25, -0.2) is 0 Å². The van der Waals surface area contributed by atoms with Crippen LogP contribution in [0.3, 0.4) is 0 Å². The Bertz CT molecular complexity index is 734. The molecule has 0 radical (unpaired) electrons. The normalized spacial score (nSPS) is 16.4. The summed E-state index contributed by atoms with van der Waals surface area (Å²) in [5.41, 5.74) is 8.42. The molecule has 0 heterocycles. The predicted molar refractivity (Wildman–Crippen MR) is 96.9 cm³/mol. The molecule has 0 heteroatoms. The van der Waals surface area contributed by atoms with Crippen molar-refractivity contribution in [1.29, 1.82) is 0 Å². The Morgan fingerprint density at radius 2 is 1.59 bits per heavy atom. The zero-order valence-corrected chi connectivity index (χ0v) is 14.0. The van der Waals surface area contributed by atoms with E-state index in [1.807, 2.05) is 0 Å². The molecule has 2 aromatic rings. The number of hydrogen-bond donors (Lipinski definition) is 0. The molecule has 0 aliphatic heterocycles. The standard InChI is InChI=1S/C22H24/c1-5-19-20-9-7-6-8-16(20)12-15-21(19)17-10-13-18(14-11-17)22(2,3)4/h5-11,13-15H,12H2,1-4H3/b19-5+. The van der Waals surface area contributed by atoms with Crippen LogP contribution in [0.2, 0.25) is 0 Å². The van der Waals surface area contributed by atoms with E-state index < -0.39 is 0 Å². The van der Waals surface area contributed by atoms with Crippen molar-refractivity contribution >= 4 is 11.1 Å². The first-order chi connectivity index (χ1) is 10.5. The van der Waals surface area contributed by atoms with Gasteiger partial charge in [0.15, 0.2) is 0 Å². The van der Waals surface area contributed by atoms with Crippen molar-refractivity contribution in [2.75, 3.05) is 0 Å². The fourth-order valence-electron chi connectivity index (χ4n) is 3.16. The van der Waals surface area contributed by atoms with E-state index in [-0.39, 0.29) is 5.41 Å². The molecule has 0 amide bonds.